The molecule has 0 aromatic heterocycles. The first-order valence-corrected chi connectivity index (χ1v) is 10.0. The number of ether oxygens (including phenoxy) is 2. The molecule has 7 heteroatoms. The smallest absolute Gasteiger partial charge is 0.244 e. The van der Waals surface area contributed by atoms with Crippen LogP contribution in [-0.2, 0) is 10.0 Å². The quantitative estimate of drug-likeness (QED) is 0.759. The van der Waals surface area contributed by atoms with Crippen molar-refractivity contribution in [3.05, 3.63) is 48.0 Å². The zero-order valence-corrected chi connectivity index (χ0v) is 15.7. The number of benzene rings is 2. The zero-order chi connectivity index (χ0) is 17.7. The topological polar surface area (TPSA) is 64.6 Å². The number of methoxy groups -OCH3 is 2. The molecule has 1 atom stereocenters. The minimum atomic E-state index is -3.76. The lowest BCUT2D eigenvalue weighted by atomic mass is 10.1. The van der Waals surface area contributed by atoms with Crippen LogP contribution in [0.1, 0.15) is 18.5 Å². The zero-order valence-electron chi connectivity index (χ0n) is 14.1. The van der Waals surface area contributed by atoms with Crippen molar-refractivity contribution >= 4 is 21.8 Å². The SMILES string of the molecule is COc1ccc(OC)c(S(=O)(=O)NC(C)c2ccc(SC)cc2)c1. The molecule has 2 aromatic rings. The maximum atomic E-state index is 12.7. The van der Waals surface area contributed by atoms with Crippen molar-refractivity contribution in [2.45, 2.75) is 22.8 Å². The van der Waals surface area contributed by atoms with E-state index in [-0.39, 0.29) is 16.7 Å². The van der Waals surface area contributed by atoms with Gasteiger partial charge in [-0.15, -0.1) is 11.8 Å². The number of hydrogen-bond donors (Lipinski definition) is 1. The average Bonchev–Trinajstić information content (AvgIpc) is 2.60. The summed E-state index contributed by atoms with van der Waals surface area (Å²) < 4.78 is 38.4. The van der Waals surface area contributed by atoms with Crippen molar-refractivity contribution in [2.24, 2.45) is 0 Å². The van der Waals surface area contributed by atoms with Crippen molar-refractivity contribution in [1.29, 1.82) is 0 Å². The Labute approximate surface area is 147 Å². The molecule has 0 aliphatic carbocycles. The molecule has 0 aliphatic heterocycles. The van der Waals surface area contributed by atoms with Crippen LogP contribution in [0.4, 0.5) is 0 Å². The van der Waals surface area contributed by atoms with Crippen LogP contribution in [0.2, 0.25) is 0 Å². The highest BCUT2D eigenvalue weighted by atomic mass is 32.2. The predicted octanol–water partition coefficient (Wildman–Crippen LogP) is 3.47. The van der Waals surface area contributed by atoms with Gasteiger partial charge in [-0.2, -0.15) is 0 Å². The van der Waals surface area contributed by atoms with E-state index < -0.39 is 10.0 Å². The fourth-order valence-electron chi connectivity index (χ4n) is 2.25. The van der Waals surface area contributed by atoms with Crippen LogP contribution in [0.5, 0.6) is 11.5 Å². The molecule has 0 radical (unpaired) electrons. The van der Waals surface area contributed by atoms with Crippen LogP contribution < -0.4 is 14.2 Å². The fraction of sp³-hybridized carbons (Fsp3) is 0.294. The van der Waals surface area contributed by atoms with E-state index >= 15 is 0 Å². The van der Waals surface area contributed by atoms with Crippen molar-refractivity contribution in [3.63, 3.8) is 0 Å². The summed E-state index contributed by atoms with van der Waals surface area (Å²) in [7, 11) is -0.835. The third-order valence-electron chi connectivity index (χ3n) is 3.61. The van der Waals surface area contributed by atoms with E-state index in [2.05, 4.69) is 4.72 Å². The summed E-state index contributed by atoms with van der Waals surface area (Å²) in [6.07, 6.45) is 2.00. The molecule has 24 heavy (non-hydrogen) atoms. The van der Waals surface area contributed by atoms with Gasteiger partial charge in [0.25, 0.3) is 0 Å². The first-order chi connectivity index (χ1) is 11.4. The lowest BCUT2D eigenvalue weighted by molar-refractivity contribution is 0.391. The molecule has 2 rings (SSSR count). The predicted molar refractivity (Wildman–Crippen MR) is 96.5 cm³/mol. The van der Waals surface area contributed by atoms with Crippen molar-refractivity contribution in [2.75, 3.05) is 20.5 Å². The molecule has 1 unspecified atom stereocenters. The highest BCUT2D eigenvalue weighted by molar-refractivity contribution is 7.98. The number of rotatable bonds is 7. The van der Waals surface area contributed by atoms with E-state index in [1.54, 1.807) is 30.8 Å². The van der Waals surface area contributed by atoms with Gasteiger partial charge in [0, 0.05) is 17.0 Å². The summed E-state index contributed by atoms with van der Waals surface area (Å²) in [4.78, 5) is 1.18. The summed E-state index contributed by atoms with van der Waals surface area (Å²) in [5.74, 6) is 0.724. The first-order valence-electron chi connectivity index (χ1n) is 7.29. The Hall–Kier alpha value is -1.70. The van der Waals surface area contributed by atoms with E-state index in [1.807, 2.05) is 30.5 Å². The van der Waals surface area contributed by atoms with Gasteiger partial charge in [0.2, 0.25) is 10.0 Å². The molecule has 0 spiro atoms. The molecule has 0 amide bonds. The summed E-state index contributed by atoms with van der Waals surface area (Å²) in [5.41, 5.74) is 0.887. The Kier molecular flexibility index (Phi) is 6.15. The van der Waals surface area contributed by atoms with Gasteiger partial charge in [-0.05, 0) is 43.0 Å². The molecule has 0 bridgehead atoms. The van der Waals surface area contributed by atoms with Crippen molar-refractivity contribution in [1.82, 2.24) is 4.72 Å². The van der Waals surface area contributed by atoms with E-state index in [0.29, 0.717) is 5.75 Å². The maximum Gasteiger partial charge on any atom is 0.244 e. The molecule has 0 saturated heterocycles. The Morgan fingerprint density at radius 2 is 1.71 bits per heavy atom. The molecule has 130 valence electrons. The molecule has 2 aromatic carbocycles. The second kappa shape index (κ2) is 7.92. The Morgan fingerprint density at radius 1 is 1.04 bits per heavy atom. The lowest BCUT2D eigenvalue weighted by Gasteiger charge is -2.17. The normalized spacial score (nSPS) is 12.7. The largest absolute Gasteiger partial charge is 0.497 e. The molecule has 0 aliphatic rings. The lowest BCUT2D eigenvalue weighted by Crippen LogP contribution is -2.27. The van der Waals surface area contributed by atoms with E-state index in [9.17, 15) is 8.42 Å². The van der Waals surface area contributed by atoms with Gasteiger partial charge in [0.05, 0.1) is 14.2 Å². The molecule has 5 nitrogen and oxygen atoms in total. The summed E-state index contributed by atoms with van der Waals surface area (Å²) >= 11 is 1.64. The number of nitrogens with one attached hydrogen (secondary N) is 1. The van der Waals surface area contributed by atoms with Crippen LogP contribution in [0, 0.1) is 0 Å². The highest BCUT2D eigenvalue weighted by Crippen LogP contribution is 2.29. The van der Waals surface area contributed by atoms with Gasteiger partial charge in [0.1, 0.15) is 16.4 Å². The standard InChI is InChI=1S/C17H21NO4S2/c1-12(13-5-8-15(23-4)9-6-13)18-24(19,20)17-11-14(21-2)7-10-16(17)22-3/h5-12,18H,1-4H3. The number of hydrogen-bond acceptors (Lipinski definition) is 5. The third kappa shape index (κ3) is 4.23. The van der Waals surface area contributed by atoms with Crippen molar-refractivity contribution < 1.29 is 17.9 Å². The van der Waals surface area contributed by atoms with Crippen LogP contribution in [-0.4, -0.2) is 28.9 Å². The van der Waals surface area contributed by atoms with E-state index in [0.717, 1.165) is 10.5 Å². The van der Waals surface area contributed by atoms with Crippen LogP contribution in [0.3, 0.4) is 0 Å². The van der Waals surface area contributed by atoms with Gasteiger partial charge in [-0.3, -0.25) is 0 Å². The summed E-state index contributed by atoms with van der Waals surface area (Å²) in [5, 5.41) is 0. The van der Waals surface area contributed by atoms with Gasteiger partial charge in [-0.25, -0.2) is 13.1 Å². The monoisotopic (exact) mass is 367 g/mol. The van der Waals surface area contributed by atoms with Crippen LogP contribution in [0.15, 0.2) is 52.3 Å². The molecular weight excluding hydrogens is 346 g/mol. The Bertz CT molecular complexity index is 789. The van der Waals surface area contributed by atoms with Gasteiger partial charge in [-0.1, -0.05) is 12.1 Å². The van der Waals surface area contributed by atoms with Gasteiger partial charge >= 0.3 is 0 Å². The fourth-order valence-corrected chi connectivity index (χ4v) is 4.08. The second-order valence-electron chi connectivity index (χ2n) is 5.13. The highest BCUT2D eigenvalue weighted by Gasteiger charge is 2.23. The maximum absolute atomic E-state index is 12.7. The summed E-state index contributed by atoms with van der Waals surface area (Å²) in [6, 6.07) is 12.1. The van der Waals surface area contributed by atoms with Crippen LogP contribution >= 0.6 is 11.8 Å². The number of thioether (sulfide) groups is 1. The van der Waals surface area contributed by atoms with Crippen LogP contribution in [0.25, 0.3) is 0 Å². The van der Waals surface area contributed by atoms with Gasteiger partial charge < -0.3 is 9.47 Å². The van der Waals surface area contributed by atoms with Gasteiger partial charge in [0.15, 0.2) is 0 Å². The second-order valence-corrected chi connectivity index (χ2v) is 7.69. The molecule has 0 fully saturated rings. The molecular formula is C17H21NO4S2. The minimum Gasteiger partial charge on any atom is -0.497 e. The Balaban J connectivity index is 2.29. The molecule has 0 heterocycles. The minimum absolute atomic E-state index is 0.0527. The van der Waals surface area contributed by atoms with Crippen molar-refractivity contribution in [3.8, 4) is 11.5 Å². The molecule has 1 N–H and O–H groups in total. The first kappa shape index (κ1) is 18.6. The summed E-state index contributed by atoms with van der Waals surface area (Å²) in [6.45, 7) is 1.80. The van der Waals surface area contributed by atoms with E-state index in [1.165, 1.54) is 20.3 Å². The number of sulfonamides is 1. The average molecular weight is 367 g/mol. The molecule has 0 saturated carbocycles. The Morgan fingerprint density at radius 3 is 2.25 bits per heavy atom. The van der Waals surface area contributed by atoms with E-state index in [4.69, 9.17) is 9.47 Å². The third-order valence-corrected chi connectivity index (χ3v) is 5.91.